The van der Waals surface area contributed by atoms with Gasteiger partial charge in [-0.15, -0.1) is 0 Å². The maximum Gasteiger partial charge on any atom is 0.189 e. The molecule has 0 atom stereocenters. The van der Waals surface area contributed by atoms with E-state index in [1.807, 2.05) is 0 Å². The Hall–Kier alpha value is -1.76. The predicted molar refractivity (Wildman–Crippen MR) is 106 cm³/mol. The van der Waals surface area contributed by atoms with Crippen LogP contribution in [0.3, 0.4) is 0 Å². The molecular weight excluding hydrogens is 343 g/mol. The highest BCUT2D eigenvalue weighted by Gasteiger charge is 2.23. The molecule has 0 spiro atoms. The van der Waals surface area contributed by atoms with Gasteiger partial charge in [-0.25, -0.2) is 4.39 Å². The molecule has 2 aromatic rings. The van der Waals surface area contributed by atoms with Crippen LogP contribution in [0.15, 0.2) is 29.1 Å². The lowest BCUT2D eigenvalue weighted by Crippen LogP contribution is -2.48. The standard InChI is InChI=1S/C21H29FN4O/c1-24-6-4-16(5-7-24)14-25-8-10-26(11-9-25)15-18-13-21(27)19-12-17(22)2-3-20(19)23-18/h2-3,12-13,16H,4-11,14-15H2,1H3,(H,23,27). The number of pyridine rings is 1. The maximum atomic E-state index is 13.3. The van der Waals surface area contributed by atoms with Gasteiger partial charge < -0.3 is 14.8 Å². The number of benzene rings is 1. The number of fused-ring (bicyclic) bond motifs is 1. The summed E-state index contributed by atoms with van der Waals surface area (Å²) in [6, 6.07) is 5.96. The Bertz CT molecular complexity index is 836. The zero-order chi connectivity index (χ0) is 18.8. The van der Waals surface area contributed by atoms with Gasteiger partial charge >= 0.3 is 0 Å². The molecule has 1 aromatic heterocycles. The number of piperidine rings is 1. The molecule has 0 amide bonds. The fourth-order valence-electron chi connectivity index (χ4n) is 4.34. The third kappa shape index (κ3) is 4.57. The minimum absolute atomic E-state index is 0.112. The summed E-state index contributed by atoms with van der Waals surface area (Å²) in [4.78, 5) is 23.0. The van der Waals surface area contributed by atoms with Crippen LogP contribution in [0.2, 0.25) is 0 Å². The van der Waals surface area contributed by atoms with E-state index < -0.39 is 0 Å². The number of hydrogen-bond donors (Lipinski definition) is 1. The molecule has 0 aliphatic carbocycles. The van der Waals surface area contributed by atoms with Gasteiger partial charge in [0.2, 0.25) is 0 Å². The molecule has 1 aromatic carbocycles. The lowest BCUT2D eigenvalue weighted by Gasteiger charge is -2.38. The van der Waals surface area contributed by atoms with Gasteiger partial charge in [-0.3, -0.25) is 9.69 Å². The molecule has 3 heterocycles. The fraction of sp³-hybridized carbons (Fsp3) is 0.571. The average molecular weight is 372 g/mol. The van der Waals surface area contributed by atoms with E-state index in [0.29, 0.717) is 10.9 Å². The molecule has 146 valence electrons. The highest BCUT2D eigenvalue weighted by Crippen LogP contribution is 2.18. The molecule has 2 aliphatic heterocycles. The predicted octanol–water partition coefficient (Wildman–Crippen LogP) is 2.13. The van der Waals surface area contributed by atoms with Crippen molar-refractivity contribution in [3.05, 3.63) is 46.0 Å². The quantitative estimate of drug-likeness (QED) is 0.893. The normalized spacial score (nSPS) is 21.1. The second kappa shape index (κ2) is 8.09. The summed E-state index contributed by atoms with van der Waals surface area (Å²) in [6.07, 6.45) is 2.63. The van der Waals surface area contributed by atoms with Crippen LogP contribution in [-0.2, 0) is 6.54 Å². The molecule has 2 aliphatic rings. The van der Waals surface area contributed by atoms with Gasteiger partial charge in [0.15, 0.2) is 5.43 Å². The van der Waals surface area contributed by atoms with Crippen molar-refractivity contribution >= 4 is 10.9 Å². The van der Waals surface area contributed by atoms with E-state index in [-0.39, 0.29) is 11.2 Å². The first-order chi connectivity index (χ1) is 13.1. The third-order valence-corrected chi connectivity index (χ3v) is 6.06. The molecule has 0 bridgehead atoms. The van der Waals surface area contributed by atoms with Crippen molar-refractivity contribution in [3.8, 4) is 0 Å². The van der Waals surface area contributed by atoms with Gasteiger partial charge in [0.25, 0.3) is 0 Å². The molecular formula is C21H29FN4O. The minimum atomic E-state index is -0.374. The Balaban J connectivity index is 1.32. The Morgan fingerprint density at radius 2 is 1.74 bits per heavy atom. The van der Waals surface area contributed by atoms with Crippen molar-refractivity contribution in [3.63, 3.8) is 0 Å². The lowest BCUT2D eigenvalue weighted by molar-refractivity contribution is 0.0958. The van der Waals surface area contributed by atoms with Crippen LogP contribution in [0.1, 0.15) is 18.5 Å². The van der Waals surface area contributed by atoms with Crippen LogP contribution in [0.4, 0.5) is 4.39 Å². The SMILES string of the molecule is CN1CCC(CN2CCN(Cc3cc(=O)c4cc(F)ccc4[nH]3)CC2)CC1. The van der Waals surface area contributed by atoms with Gasteiger partial charge in [0.1, 0.15) is 5.82 Å². The van der Waals surface area contributed by atoms with Gasteiger partial charge in [0, 0.05) is 61.9 Å². The topological polar surface area (TPSA) is 42.6 Å². The minimum Gasteiger partial charge on any atom is -0.357 e. The van der Waals surface area contributed by atoms with E-state index in [1.165, 1.54) is 44.6 Å². The Morgan fingerprint density at radius 3 is 2.48 bits per heavy atom. The summed E-state index contributed by atoms with van der Waals surface area (Å²) in [5, 5.41) is 0.418. The van der Waals surface area contributed by atoms with Crippen LogP contribution in [-0.4, -0.2) is 72.5 Å². The molecule has 2 fully saturated rings. The highest BCUT2D eigenvalue weighted by molar-refractivity contribution is 5.78. The first-order valence-corrected chi connectivity index (χ1v) is 10.0. The Morgan fingerprint density at radius 1 is 1.04 bits per heavy atom. The second-order valence-corrected chi connectivity index (χ2v) is 8.17. The van der Waals surface area contributed by atoms with Crippen LogP contribution in [0.5, 0.6) is 0 Å². The van der Waals surface area contributed by atoms with Crippen molar-refractivity contribution in [1.82, 2.24) is 19.7 Å². The number of rotatable bonds is 4. The van der Waals surface area contributed by atoms with E-state index in [1.54, 1.807) is 12.1 Å². The van der Waals surface area contributed by atoms with E-state index >= 15 is 0 Å². The number of halogens is 1. The fourth-order valence-corrected chi connectivity index (χ4v) is 4.34. The van der Waals surface area contributed by atoms with Crippen molar-refractivity contribution in [1.29, 1.82) is 0 Å². The number of likely N-dealkylation sites (tertiary alicyclic amines) is 1. The van der Waals surface area contributed by atoms with Crippen molar-refractivity contribution in [2.75, 3.05) is 52.9 Å². The van der Waals surface area contributed by atoms with Crippen LogP contribution in [0.25, 0.3) is 10.9 Å². The largest absolute Gasteiger partial charge is 0.357 e. The van der Waals surface area contributed by atoms with Crippen molar-refractivity contribution < 1.29 is 4.39 Å². The molecule has 5 nitrogen and oxygen atoms in total. The summed E-state index contributed by atoms with van der Waals surface area (Å²) in [5.41, 5.74) is 1.50. The molecule has 1 N–H and O–H groups in total. The van der Waals surface area contributed by atoms with E-state index in [2.05, 4.69) is 26.7 Å². The lowest BCUT2D eigenvalue weighted by atomic mass is 9.96. The van der Waals surface area contributed by atoms with Crippen molar-refractivity contribution in [2.45, 2.75) is 19.4 Å². The molecule has 6 heteroatoms. The van der Waals surface area contributed by atoms with Crippen LogP contribution >= 0.6 is 0 Å². The second-order valence-electron chi connectivity index (χ2n) is 8.17. The first kappa shape index (κ1) is 18.6. The number of aromatic nitrogens is 1. The van der Waals surface area contributed by atoms with Gasteiger partial charge in [0.05, 0.1) is 0 Å². The molecule has 0 unspecified atom stereocenters. The summed E-state index contributed by atoms with van der Waals surface area (Å²) < 4.78 is 13.3. The van der Waals surface area contributed by atoms with Gasteiger partial charge in [-0.05, 0) is 57.1 Å². The molecule has 2 saturated heterocycles. The highest BCUT2D eigenvalue weighted by atomic mass is 19.1. The van der Waals surface area contributed by atoms with Crippen LogP contribution in [0, 0.1) is 11.7 Å². The maximum absolute atomic E-state index is 13.3. The summed E-state index contributed by atoms with van der Waals surface area (Å²) in [6.45, 7) is 8.65. The molecule has 0 saturated carbocycles. The Kier molecular flexibility index (Phi) is 5.57. The van der Waals surface area contributed by atoms with E-state index in [4.69, 9.17) is 0 Å². The number of hydrogen-bond acceptors (Lipinski definition) is 4. The van der Waals surface area contributed by atoms with Crippen molar-refractivity contribution in [2.24, 2.45) is 5.92 Å². The van der Waals surface area contributed by atoms with E-state index in [0.717, 1.165) is 44.3 Å². The molecule has 0 radical (unpaired) electrons. The number of nitrogens with zero attached hydrogens (tertiary/aromatic N) is 3. The average Bonchev–Trinajstić information content (AvgIpc) is 2.66. The van der Waals surface area contributed by atoms with Gasteiger partial charge in [-0.1, -0.05) is 0 Å². The molecule has 27 heavy (non-hydrogen) atoms. The summed E-state index contributed by atoms with van der Waals surface area (Å²) in [7, 11) is 2.21. The Labute approximate surface area is 159 Å². The monoisotopic (exact) mass is 372 g/mol. The number of nitrogens with one attached hydrogen (secondary N) is 1. The zero-order valence-corrected chi connectivity index (χ0v) is 16.1. The van der Waals surface area contributed by atoms with Crippen LogP contribution < -0.4 is 5.43 Å². The number of aromatic amines is 1. The van der Waals surface area contributed by atoms with E-state index in [9.17, 15) is 9.18 Å². The smallest absolute Gasteiger partial charge is 0.189 e. The number of piperazine rings is 1. The third-order valence-electron chi connectivity index (χ3n) is 6.06. The number of H-pyrrole nitrogens is 1. The zero-order valence-electron chi connectivity index (χ0n) is 16.1. The molecule has 4 rings (SSSR count). The van der Waals surface area contributed by atoms with Gasteiger partial charge in [-0.2, -0.15) is 0 Å². The first-order valence-electron chi connectivity index (χ1n) is 10.0. The summed E-state index contributed by atoms with van der Waals surface area (Å²) >= 11 is 0. The summed E-state index contributed by atoms with van der Waals surface area (Å²) in [5.74, 6) is 0.464.